The summed E-state index contributed by atoms with van der Waals surface area (Å²) >= 11 is 5.04. The fourth-order valence-corrected chi connectivity index (χ4v) is 2.86. The summed E-state index contributed by atoms with van der Waals surface area (Å²) in [6.07, 6.45) is 0.710. The zero-order valence-electron chi connectivity index (χ0n) is 14.6. The average Bonchev–Trinajstić information content (AvgIpc) is 2.61. The second-order valence-electron chi connectivity index (χ2n) is 5.33. The lowest BCUT2D eigenvalue weighted by Gasteiger charge is -2.16. The van der Waals surface area contributed by atoms with Gasteiger partial charge in [0.1, 0.15) is 6.04 Å². The van der Waals surface area contributed by atoms with E-state index in [2.05, 4.69) is 22.8 Å². The highest BCUT2D eigenvalue weighted by molar-refractivity contribution is 8.14. The number of unbranched alkanes of at least 4 members (excludes halogenated alkanes) is 1. The number of nitrogens with one attached hydrogen (secondary N) is 1. The van der Waals surface area contributed by atoms with E-state index in [9.17, 15) is 24.5 Å². The van der Waals surface area contributed by atoms with Crippen LogP contribution in [-0.4, -0.2) is 47.1 Å². The lowest BCUT2D eigenvalue weighted by molar-refractivity contribution is -0.757. The highest BCUT2D eigenvalue weighted by Gasteiger charge is 2.23. The molecule has 0 radical (unpaired) electrons. The Morgan fingerprint density at radius 3 is 2.44 bits per heavy atom. The van der Waals surface area contributed by atoms with E-state index in [1.807, 2.05) is 0 Å². The van der Waals surface area contributed by atoms with E-state index in [0.29, 0.717) is 18.4 Å². The lowest BCUT2D eigenvalue weighted by Crippen LogP contribution is -2.43. The average molecular weight is 416 g/mol. The third-order valence-electron chi connectivity index (χ3n) is 3.13. The Morgan fingerprint density at radius 1 is 1.22 bits per heavy atom. The summed E-state index contributed by atoms with van der Waals surface area (Å²) in [6, 6.07) is 5.63. The normalized spacial score (nSPS) is 11.3. The molecule has 11 heteroatoms. The van der Waals surface area contributed by atoms with E-state index in [1.54, 1.807) is 24.3 Å². The smallest absolute Gasteiger partial charge is 0.329 e. The minimum atomic E-state index is -0.976. The van der Waals surface area contributed by atoms with E-state index in [-0.39, 0.29) is 24.1 Å². The lowest BCUT2D eigenvalue weighted by atomic mass is 10.2. The molecule has 1 aromatic rings. The molecule has 1 rings (SSSR count). The van der Waals surface area contributed by atoms with Gasteiger partial charge in [0.2, 0.25) is 11.0 Å². The Bertz CT molecular complexity index is 667. The quantitative estimate of drug-likeness (QED) is 0.184. The van der Waals surface area contributed by atoms with Gasteiger partial charge in [-0.3, -0.25) is 9.59 Å². The molecule has 1 aromatic carbocycles. The molecule has 0 aliphatic heterocycles. The van der Waals surface area contributed by atoms with Crippen molar-refractivity contribution in [1.29, 1.82) is 0 Å². The second-order valence-corrected chi connectivity index (χ2v) is 6.84. The highest BCUT2D eigenvalue weighted by atomic mass is 32.2. The molecule has 0 aliphatic rings. The van der Waals surface area contributed by atoms with E-state index >= 15 is 0 Å². The fourth-order valence-electron chi connectivity index (χ4n) is 1.87. The fraction of sp³-hybridized carbons (Fsp3) is 0.438. The van der Waals surface area contributed by atoms with Crippen LogP contribution in [0.1, 0.15) is 30.1 Å². The molecule has 148 valence electrons. The summed E-state index contributed by atoms with van der Waals surface area (Å²) in [6.45, 7) is 1.19. The first kappa shape index (κ1) is 22.8. The molecule has 27 heavy (non-hydrogen) atoms. The summed E-state index contributed by atoms with van der Waals surface area (Å²) in [7, 11) is 0. The van der Waals surface area contributed by atoms with Gasteiger partial charge in [0.05, 0.1) is 13.2 Å². The first-order valence-electron chi connectivity index (χ1n) is 7.96. The number of carbonyl (C=O) groups is 3. The van der Waals surface area contributed by atoms with Crippen LogP contribution >= 0.6 is 24.4 Å². The van der Waals surface area contributed by atoms with E-state index < -0.39 is 23.0 Å². The molecular weight excluding hydrogens is 396 g/mol. The van der Waals surface area contributed by atoms with Gasteiger partial charge in [-0.05, 0) is 37.1 Å². The van der Waals surface area contributed by atoms with Gasteiger partial charge in [0.25, 0.3) is 5.09 Å². The number of rotatable bonds is 11. The van der Waals surface area contributed by atoms with Crippen LogP contribution in [0.4, 0.5) is 0 Å². The topological polar surface area (TPSA) is 125 Å². The predicted octanol–water partition coefficient (Wildman–Crippen LogP) is 1.89. The summed E-state index contributed by atoms with van der Waals surface area (Å²) in [4.78, 5) is 50.4. The predicted molar refractivity (Wildman–Crippen MR) is 101 cm³/mol. The molecule has 0 aromatic heterocycles. The first-order valence-corrected chi connectivity index (χ1v) is 9.40. The Labute approximate surface area is 165 Å². The van der Waals surface area contributed by atoms with Crippen LogP contribution in [0.25, 0.3) is 0 Å². The van der Waals surface area contributed by atoms with Crippen LogP contribution in [0, 0.1) is 10.1 Å². The van der Waals surface area contributed by atoms with Gasteiger partial charge in [-0.15, -0.1) is 22.7 Å². The first-order chi connectivity index (χ1) is 12.8. The van der Waals surface area contributed by atoms with Crippen molar-refractivity contribution >= 4 is 41.4 Å². The van der Waals surface area contributed by atoms with Crippen LogP contribution in [-0.2, 0) is 19.2 Å². The van der Waals surface area contributed by atoms with Gasteiger partial charge < -0.3 is 14.9 Å². The second kappa shape index (κ2) is 12.2. The molecule has 9 nitrogen and oxygen atoms in total. The van der Waals surface area contributed by atoms with Gasteiger partial charge in [0.15, 0.2) is 0 Å². The molecule has 0 saturated carbocycles. The van der Waals surface area contributed by atoms with Crippen molar-refractivity contribution in [2.45, 2.75) is 30.7 Å². The van der Waals surface area contributed by atoms with E-state index in [0.717, 1.165) is 16.7 Å². The number of ether oxygens (including phenoxy) is 1. The molecule has 0 heterocycles. The number of esters is 1. The van der Waals surface area contributed by atoms with Crippen molar-refractivity contribution in [3.8, 4) is 0 Å². The van der Waals surface area contributed by atoms with Crippen LogP contribution in [0.15, 0.2) is 29.2 Å². The van der Waals surface area contributed by atoms with Gasteiger partial charge in [-0.25, -0.2) is 4.79 Å². The maximum absolute atomic E-state index is 12.2. The third kappa shape index (κ3) is 9.85. The number of nitrogens with zero attached hydrogens (tertiary/aromatic N) is 1. The number of amides is 1. The standard InChI is InChI=1S/C16H20N2O7S2/c1-11(19)17-14(15(20)24-8-2-3-9-25-18(22)23)10-27-16(21)12-4-6-13(26)7-5-12/h4-7,14,26H,2-3,8-10H2,1H3,(H,17,19). The van der Waals surface area contributed by atoms with E-state index in [1.165, 1.54) is 6.92 Å². The molecule has 0 bridgehead atoms. The number of hydrogen-bond acceptors (Lipinski definition) is 9. The third-order valence-corrected chi connectivity index (χ3v) is 4.42. The van der Waals surface area contributed by atoms with Gasteiger partial charge in [0, 0.05) is 23.1 Å². The van der Waals surface area contributed by atoms with Crippen molar-refractivity contribution in [3.05, 3.63) is 39.9 Å². The highest BCUT2D eigenvalue weighted by Crippen LogP contribution is 2.16. The van der Waals surface area contributed by atoms with Crippen molar-refractivity contribution in [3.63, 3.8) is 0 Å². The molecular formula is C16H20N2O7S2. The number of benzene rings is 1. The summed E-state index contributed by atoms with van der Waals surface area (Å²) < 4.78 is 5.05. The monoisotopic (exact) mass is 416 g/mol. The Balaban J connectivity index is 2.45. The molecule has 0 aliphatic carbocycles. The molecule has 0 fully saturated rings. The number of thioether (sulfide) groups is 1. The molecule has 1 N–H and O–H groups in total. The Hall–Kier alpha value is -2.27. The van der Waals surface area contributed by atoms with Crippen molar-refractivity contribution in [2.75, 3.05) is 19.0 Å². The summed E-state index contributed by atoms with van der Waals surface area (Å²) in [5.41, 5.74) is 0.457. The number of carbonyl (C=O) groups excluding carboxylic acids is 3. The van der Waals surface area contributed by atoms with Crippen molar-refractivity contribution in [1.82, 2.24) is 5.32 Å². The molecule has 1 atom stereocenters. The van der Waals surface area contributed by atoms with Crippen molar-refractivity contribution < 1.29 is 29.0 Å². The van der Waals surface area contributed by atoms with Crippen LogP contribution in [0.3, 0.4) is 0 Å². The number of thiol groups is 1. The minimum Gasteiger partial charge on any atom is -0.464 e. The zero-order chi connectivity index (χ0) is 20.2. The van der Waals surface area contributed by atoms with Gasteiger partial charge >= 0.3 is 5.97 Å². The Kier molecular flexibility index (Phi) is 10.3. The van der Waals surface area contributed by atoms with Crippen LogP contribution < -0.4 is 5.32 Å². The summed E-state index contributed by atoms with van der Waals surface area (Å²) in [5.74, 6) is -1.08. The van der Waals surface area contributed by atoms with E-state index in [4.69, 9.17) is 4.74 Å². The maximum Gasteiger partial charge on any atom is 0.329 e. The van der Waals surface area contributed by atoms with Crippen molar-refractivity contribution in [2.24, 2.45) is 0 Å². The van der Waals surface area contributed by atoms with Crippen LogP contribution in [0.5, 0.6) is 0 Å². The molecule has 0 spiro atoms. The molecule has 1 amide bonds. The summed E-state index contributed by atoms with van der Waals surface area (Å²) in [5, 5.41) is 11.3. The Morgan fingerprint density at radius 2 is 1.85 bits per heavy atom. The molecule has 1 unspecified atom stereocenters. The SMILES string of the molecule is CC(=O)NC(CSC(=O)c1ccc(S)cc1)C(=O)OCCCCO[N+](=O)[O-]. The van der Waals surface area contributed by atoms with Gasteiger partial charge in [-0.2, -0.15) is 0 Å². The maximum atomic E-state index is 12.2. The molecule has 0 saturated heterocycles. The number of hydrogen-bond donors (Lipinski definition) is 2. The minimum absolute atomic E-state index is 0.0182. The largest absolute Gasteiger partial charge is 0.464 e. The zero-order valence-corrected chi connectivity index (χ0v) is 16.3. The van der Waals surface area contributed by atoms with Crippen LogP contribution in [0.2, 0.25) is 0 Å². The van der Waals surface area contributed by atoms with Gasteiger partial charge in [-0.1, -0.05) is 11.8 Å².